The monoisotopic (exact) mass is 939 g/mol. The maximum Gasteiger partial charge on any atom is 0.305 e. The van der Waals surface area contributed by atoms with Crippen molar-refractivity contribution in [1.82, 2.24) is 0 Å². The second kappa shape index (κ2) is 43.1. The maximum atomic E-state index is 12.8. The van der Waals surface area contributed by atoms with Crippen LogP contribution in [0.15, 0.2) is 0 Å². The molecule has 0 fully saturated rings. The first-order chi connectivity index (χ1) is 31.7. The lowest BCUT2D eigenvalue weighted by molar-refractivity contribution is -0.163. The minimum Gasteiger partial charge on any atom is -0.466 e. The van der Waals surface area contributed by atoms with Crippen LogP contribution in [0, 0.1) is 23.2 Å². The van der Waals surface area contributed by atoms with Crippen LogP contribution < -0.4 is 0 Å². The summed E-state index contributed by atoms with van der Waals surface area (Å²) in [7, 11) is 0. The zero-order valence-corrected chi connectivity index (χ0v) is 43.3. The summed E-state index contributed by atoms with van der Waals surface area (Å²) in [5.41, 5.74) is -0.977. The Labute approximate surface area is 402 Å². The molecule has 0 aliphatic heterocycles. The van der Waals surface area contributed by atoms with Gasteiger partial charge in [0, 0.05) is 38.5 Å². The number of esters is 6. The van der Waals surface area contributed by atoms with Crippen molar-refractivity contribution in [2.75, 3.05) is 39.6 Å². The van der Waals surface area contributed by atoms with Crippen molar-refractivity contribution >= 4 is 35.8 Å². The molecule has 0 aromatic heterocycles. The Morgan fingerprint density at radius 2 is 0.515 bits per heavy atom. The number of hydrogen-bond acceptors (Lipinski definition) is 12. The third-order valence-corrected chi connectivity index (χ3v) is 12.0. The zero-order valence-electron chi connectivity index (χ0n) is 43.3. The molecule has 0 amide bonds. The Kier molecular flexibility index (Phi) is 41.0. The fourth-order valence-corrected chi connectivity index (χ4v) is 7.29. The summed E-state index contributed by atoms with van der Waals surface area (Å²) in [6.45, 7) is 16.1. The molecule has 0 spiro atoms. The number of ether oxygens (including phenoxy) is 6. The van der Waals surface area contributed by atoms with Crippen molar-refractivity contribution < 1.29 is 57.2 Å². The van der Waals surface area contributed by atoms with Crippen LogP contribution in [0.4, 0.5) is 0 Å². The summed E-state index contributed by atoms with van der Waals surface area (Å²) >= 11 is 0. The lowest BCUT2D eigenvalue weighted by Gasteiger charge is -2.31. The van der Waals surface area contributed by atoms with Gasteiger partial charge >= 0.3 is 35.8 Å². The molecule has 0 aliphatic carbocycles. The van der Waals surface area contributed by atoms with Gasteiger partial charge in [0.05, 0.1) is 25.2 Å². The number of carbonyl (C=O) groups is 6. The molecule has 386 valence electrons. The van der Waals surface area contributed by atoms with Crippen molar-refractivity contribution in [3.63, 3.8) is 0 Å². The molecule has 66 heavy (non-hydrogen) atoms. The molecular weight excluding hydrogens is 841 g/mol. The van der Waals surface area contributed by atoms with Gasteiger partial charge in [-0.15, -0.1) is 0 Å². The Balaban J connectivity index is 4.81. The quantitative estimate of drug-likeness (QED) is 0.0324. The molecule has 0 saturated carbocycles. The molecule has 0 atom stereocenters. The van der Waals surface area contributed by atoms with E-state index in [1.807, 2.05) is 6.92 Å². The van der Waals surface area contributed by atoms with Gasteiger partial charge in [-0.2, -0.15) is 0 Å². The average Bonchev–Trinajstić information content (AvgIpc) is 3.27. The van der Waals surface area contributed by atoms with E-state index in [-0.39, 0.29) is 76.3 Å². The van der Waals surface area contributed by atoms with Crippen LogP contribution in [0.25, 0.3) is 0 Å². The predicted octanol–water partition coefficient (Wildman–Crippen LogP) is 13.3. The van der Waals surface area contributed by atoms with Crippen LogP contribution in [0.5, 0.6) is 0 Å². The van der Waals surface area contributed by atoms with Gasteiger partial charge in [0.1, 0.15) is 19.8 Å². The molecule has 12 heteroatoms. The Bertz CT molecular complexity index is 1100. The molecule has 0 radical (unpaired) electrons. The highest BCUT2D eigenvalue weighted by atomic mass is 16.6. The molecule has 0 heterocycles. The van der Waals surface area contributed by atoms with E-state index in [1.165, 1.54) is 57.8 Å². The highest BCUT2D eigenvalue weighted by molar-refractivity contribution is 5.72. The molecular formula is C54H98O12. The van der Waals surface area contributed by atoms with E-state index in [0.29, 0.717) is 64.8 Å². The van der Waals surface area contributed by atoms with Gasteiger partial charge in [-0.25, -0.2) is 0 Å². The van der Waals surface area contributed by atoms with Crippen LogP contribution in [0.3, 0.4) is 0 Å². The minimum absolute atomic E-state index is 0.102. The van der Waals surface area contributed by atoms with Crippen LogP contribution in [-0.4, -0.2) is 75.5 Å². The van der Waals surface area contributed by atoms with Crippen molar-refractivity contribution in [3.8, 4) is 0 Å². The van der Waals surface area contributed by atoms with E-state index in [9.17, 15) is 28.8 Å². The van der Waals surface area contributed by atoms with Gasteiger partial charge < -0.3 is 28.4 Å². The van der Waals surface area contributed by atoms with E-state index >= 15 is 0 Å². The van der Waals surface area contributed by atoms with E-state index in [0.717, 1.165) is 75.5 Å². The van der Waals surface area contributed by atoms with Crippen molar-refractivity contribution in [2.24, 2.45) is 23.2 Å². The number of hydrogen-bond donors (Lipinski definition) is 0. The molecule has 0 aromatic rings. The van der Waals surface area contributed by atoms with E-state index in [1.54, 1.807) is 0 Å². The predicted molar refractivity (Wildman–Crippen MR) is 262 cm³/mol. The van der Waals surface area contributed by atoms with Gasteiger partial charge in [-0.1, -0.05) is 145 Å². The van der Waals surface area contributed by atoms with Gasteiger partial charge in [0.15, 0.2) is 0 Å². The summed E-state index contributed by atoms with van der Waals surface area (Å²) in [6, 6.07) is 0. The molecule has 0 N–H and O–H groups in total. The standard InChI is InChI=1S/C54H98O12/c1-8-54(42-64-51(58)36-24-21-33-48(55)61-39-27-15-9-12-18-30-45(2)3,43-65-52(59)37-25-22-34-49(56)62-40-28-16-10-13-19-31-46(4)5)44-66-53(60)38-26-23-35-50(57)63-41-29-17-11-14-20-32-47(6)7/h45-47H,8-44H2,1-7H3. The molecule has 0 unspecified atom stereocenters. The zero-order chi connectivity index (χ0) is 49.1. The summed E-state index contributed by atoms with van der Waals surface area (Å²) in [5, 5.41) is 0. The first-order valence-electron chi connectivity index (χ1n) is 26.6. The first-order valence-corrected chi connectivity index (χ1v) is 26.6. The van der Waals surface area contributed by atoms with Crippen molar-refractivity contribution in [1.29, 1.82) is 0 Å². The molecule has 0 aromatic carbocycles. The minimum atomic E-state index is -0.977. The smallest absolute Gasteiger partial charge is 0.305 e. The fraction of sp³-hybridized carbons (Fsp3) is 0.889. The maximum absolute atomic E-state index is 12.8. The molecule has 12 nitrogen and oxygen atoms in total. The third-order valence-electron chi connectivity index (χ3n) is 12.0. The fourth-order valence-electron chi connectivity index (χ4n) is 7.29. The lowest BCUT2D eigenvalue weighted by Crippen LogP contribution is -2.39. The van der Waals surface area contributed by atoms with Crippen LogP contribution >= 0.6 is 0 Å². The largest absolute Gasteiger partial charge is 0.466 e. The summed E-state index contributed by atoms with van der Waals surface area (Å²) in [4.78, 5) is 75.1. The van der Waals surface area contributed by atoms with Crippen molar-refractivity contribution in [2.45, 2.75) is 248 Å². The van der Waals surface area contributed by atoms with Gasteiger partial charge in [-0.05, 0) is 82.0 Å². The van der Waals surface area contributed by atoms with E-state index in [4.69, 9.17) is 28.4 Å². The Morgan fingerprint density at radius 3 is 0.742 bits per heavy atom. The van der Waals surface area contributed by atoms with Crippen LogP contribution in [-0.2, 0) is 57.2 Å². The first kappa shape index (κ1) is 62.8. The highest BCUT2D eigenvalue weighted by Gasteiger charge is 2.34. The van der Waals surface area contributed by atoms with Crippen LogP contribution in [0.2, 0.25) is 0 Å². The number of rotatable bonds is 46. The summed E-state index contributed by atoms with van der Waals surface area (Å²) in [6.07, 6.45) is 24.4. The Morgan fingerprint density at radius 1 is 0.303 bits per heavy atom. The normalized spacial score (nSPS) is 11.5. The second-order valence-electron chi connectivity index (χ2n) is 20.0. The summed E-state index contributed by atoms with van der Waals surface area (Å²) < 4.78 is 33.1. The molecule has 0 saturated heterocycles. The third kappa shape index (κ3) is 42.2. The van der Waals surface area contributed by atoms with Crippen molar-refractivity contribution in [3.05, 3.63) is 0 Å². The average molecular weight is 939 g/mol. The number of unbranched alkanes of at least 4 members (excludes halogenated alkanes) is 15. The van der Waals surface area contributed by atoms with Crippen LogP contribution in [0.1, 0.15) is 248 Å². The van der Waals surface area contributed by atoms with Gasteiger partial charge in [0.2, 0.25) is 0 Å². The van der Waals surface area contributed by atoms with E-state index < -0.39 is 23.3 Å². The van der Waals surface area contributed by atoms with Gasteiger partial charge in [0.25, 0.3) is 0 Å². The summed E-state index contributed by atoms with van der Waals surface area (Å²) in [5.74, 6) is 0.0160. The molecule has 0 aliphatic rings. The SMILES string of the molecule is CCC(COC(=O)CCCCC(=O)OCCCCCCCC(C)C)(COC(=O)CCCCC(=O)OCCCCCCCC(C)C)COC(=O)CCCCC(=O)OCCCCCCCC(C)C. The molecule has 0 bridgehead atoms. The highest BCUT2D eigenvalue weighted by Crippen LogP contribution is 2.26. The second-order valence-corrected chi connectivity index (χ2v) is 20.0. The number of carbonyl (C=O) groups excluding carboxylic acids is 6. The topological polar surface area (TPSA) is 158 Å². The van der Waals surface area contributed by atoms with Gasteiger partial charge in [-0.3, -0.25) is 28.8 Å². The lowest BCUT2D eigenvalue weighted by atomic mass is 9.88. The Hall–Kier alpha value is -3.18. The van der Waals surface area contributed by atoms with E-state index in [2.05, 4.69) is 41.5 Å². The molecule has 0 rings (SSSR count).